The van der Waals surface area contributed by atoms with E-state index in [2.05, 4.69) is 14.9 Å². The molecule has 0 unspecified atom stereocenters. The third kappa shape index (κ3) is 4.44. The summed E-state index contributed by atoms with van der Waals surface area (Å²) in [7, 11) is 0. The summed E-state index contributed by atoms with van der Waals surface area (Å²) < 4.78 is 38.3. The van der Waals surface area contributed by atoms with Crippen molar-refractivity contribution in [2.24, 2.45) is 0 Å². The lowest BCUT2D eigenvalue weighted by molar-refractivity contribution is -0.137. The predicted octanol–water partition coefficient (Wildman–Crippen LogP) is 5.28. The van der Waals surface area contributed by atoms with Gasteiger partial charge in [-0.2, -0.15) is 13.2 Å². The maximum absolute atomic E-state index is 13.0. The molecule has 0 bridgehead atoms. The number of nitrogens with zero attached hydrogens (tertiary/aromatic N) is 4. The molecule has 172 valence electrons. The fourth-order valence-corrected chi connectivity index (χ4v) is 4.12. The maximum Gasteiger partial charge on any atom is 0.416 e. The highest BCUT2D eigenvalue weighted by Crippen LogP contribution is 2.31. The van der Waals surface area contributed by atoms with Crippen molar-refractivity contribution in [3.05, 3.63) is 90.3 Å². The summed E-state index contributed by atoms with van der Waals surface area (Å²) in [6.45, 7) is 2.43. The summed E-state index contributed by atoms with van der Waals surface area (Å²) in [6.07, 6.45) is -0.974. The van der Waals surface area contributed by atoms with Crippen LogP contribution in [0.2, 0.25) is 0 Å². The van der Waals surface area contributed by atoms with Crippen molar-refractivity contribution in [1.29, 1.82) is 0 Å². The molecular weight excluding hydrogens is 441 g/mol. The zero-order valence-corrected chi connectivity index (χ0v) is 18.2. The van der Waals surface area contributed by atoms with Crippen LogP contribution in [0.3, 0.4) is 0 Å². The van der Waals surface area contributed by atoms with E-state index < -0.39 is 11.7 Å². The number of hydrogen-bond donors (Lipinski definition) is 0. The molecule has 0 N–H and O–H groups in total. The highest BCUT2D eigenvalue weighted by molar-refractivity contribution is 5.97. The Labute approximate surface area is 194 Å². The van der Waals surface area contributed by atoms with Gasteiger partial charge < -0.3 is 9.80 Å². The SMILES string of the molecule is O=C(c1ccc2cccnc2c1)N1CCN(c2ccc(-c3ccc(C(F)(F)F)cc3)cn2)CC1. The van der Waals surface area contributed by atoms with Crippen LogP contribution in [0.15, 0.2) is 79.1 Å². The molecule has 1 aliphatic rings. The summed E-state index contributed by atoms with van der Waals surface area (Å²) in [5.41, 5.74) is 2.17. The van der Waals surface area contributed by atoms with E-state index in [1.807, 2.05) is 47.4 Å². The summed E-state index contributed by atoms with van der Waals surface area (Å²) in [6, 6.07) is 18.2. The average molecular weight is 462 g/mol. The number of alkyl halides is 3. The molecule has 8 heteroatoms. The Bertz CT molecular complexity index is 1310. The number of rotatable bonds is 3. The molecule has 0 spiro atoms. The second-order valence-corrected chi connectivity index (χ2v) is 8.17. The van der Waals surface area contributed by atoms with Gasteiger partial charge in [-0.25, -0.2) is 4.98 Å². The number of benzene rings is 2. The van der Waals surface area contributed by atoms with E-state index in [4.69, 9.17) is 0 Å². The Morgan fingerprint density at radius 3 is 2.24 bits per heavy atom. The summed E-state index contributed by atoms with van der Waals surface area (Å²) in [4.78, 5) is 25.7. The zero-order chi connectivity index (χ0) is 23.7. The number of piperazine rings is 1. The Balaban J connectivity index is 1.22. The minimum Gasteiger partial charge on any atom is -0.353 e. The third-order valence-electron chi connectivity index (χ3n) is 6.04. The van der Waals surface area contributed by atoms with Crippen molar-refractivity contribution in [1.82, 2.24) is 14.9 Å². The number of aromatic nitrogens is 2. The molecule has 5 rings (SSSR count). The first-order valence-corrected chi connectivity index (χ1v) is 10.9. The molecule has 4 aromatic rings. The van der Waals surface area contributed by atoms with Crippen LogP contribution in [0.25, 0.3) is 22.0 Å². The Morgan fingerprint density at radius 1 is 0.824 bits per heavy atom. The van der Waals surface area contributed by atoms with Gasteiger partial charge >= 0.3 is 6.18 Å². The van der Waals surface area contributed by atoms with Gasteiger partial charge in [-0.1, -0.05) is 24.3 Å². The van der Waals surface area contributed by atoms with Crippen molar-refractivity contribution in [2.75, 3.05) is 31.1 Å². The van der Waals surface area contributed by atoms with Crippen LogP contribution in [0, 0.1) is 0 Å². The Hall–Kier alpha value is -3.94. The van der Waals surface area contributed by atoms with Crippen LogP contribution in [-0.2, 0) is 6.18 Å². The fourth-order valence-electron chi connectivity index (χ4n) is 4.12. The molecule has 34 heavy (non-hydrogen) atoms. The lowest BCUT2D eigenvalue weighted by Gasteiger charge is -2.35. The molecule has 3 heterocycles. The fraction of sp³-hybridized carbons (Fsp3) is 0.192. The van der Waals surface area contributed by atoms with Gasteiger partial charge in [0.25, 0.3) is 5.91 Å². The van der Waals surface area contributed by atoms with Gasteiger partial charge in [-0.05, 0) is 48.0 Å². The van der Waals surface area contributed by atoms with E-state index in [0.717, 1.165) is 34.4 Å². The average Bonchev–Trinajstić information content (AvgIpc) is 2.88. The summed E-state index contributed by atoms with van der Waals surface area (Å²) in [5, 5.41) is 0.995. The van der Waals surface area contributed by atoms with E-state index in [1.165, 1.54) is 12.1 Å². The molecule has 0 radical (unpaired) electrons. The first kappa shape index (κ1) is 21.9. The number of amides is 1. The van der Waals surface area contributed by atoms with Crippen LogP contribution in [-0.4, -0.2) is 47.0 Å². The van der Waals surface area contributed by atoms with Crippen LogP contribution < -0.4 is 4.90 Å². The van der Waals surface area contributed by atoms with Gasteiger partial charge in [0.05, 0.1) is 11.1 Å². The van der Waals surface area contributed by atoms with Gasteiger partial charge in [-0.15, -0.1) is 0 Å². The molecule has 1 saturated heterocycles. The standard InChI is InChI=1S/C26H21F3N4O/c27-26(28,29)22-8-5-18(6-9-22)21-7-10-24(31-17-21)32-12-14-33(15-13-32)25(34)20-4-3-19-2-1-11-30-23(19)16-20/h1-11,16-17H,12-15H2. The number of carbonyl (C=O) groups excluding carboxylic acids is 1. The monoisotopic (exact) mass is 462 g/mol. The van der Waals surface area contributed by atoms with E-state index >= 15 is 0 Å². The molecular formula is C26H21F3N4O. The van der Waals surface area contributed by atoms with E-state index in [-0.39, 0.29) is 5.91 Å². The minimum atomic E-state index is -4.35. The number of anilines is 1. The molecule has 2 aromatic carbocycles. The van der Waals surface area contributed by atoms with E-state index in [1.54, 1.807) is 12.4 Å². The van der Waals surface area contributed by atoms with Gasteiger partial charge in [0.15, 0.2) is 0 Å². The first-order chi connectivity index (χ1) is 16.4. The van der Waals surface area contributed by atoms with Crippen molar-refractivity contribution in [3.8, 4) is 11.1 Å². The minimum absolute atomic E-state index is 0.0159. The second-order valence-electron chi connectivity index (χ2n) is 8.17. The Kier molecular flexibility index (Phi) is 5.65. The smallest absolute Gasteiger partial charge is 0.353 e. The second kappa shape index (κ2) is 8.78. The summed E-state index contributed by atoms with van der Waals surface area (Å²) >= 11 is 0. The highest BCUT2D eigenvalue weighted by Gasteiger charge is 2.30. The maximum atomic E-state index is 13.0. The lowest BCUT2D eigenvalue weighted by Crippen LogP contribution is -2.49. The topological polar surface area (TPSA) is 49.3 Å². The van der Waals surface area contributed by atoms with Crippen LogP contribution >= 0.6 is 0 Å². The summed E-state index contributed by atoms with van der Waals surface area (Å²) in [5.74, 6) is 0.760. The molecule has 5 nitrogen and oxygen atoms in total. The number of fused-ring (bicyclic) bond motifs is 1. The predicted molar refractivity (Wildman–Crippen MR) is 125 cm³/mol. The normalized spacial score (nSPS) is 14.4. The lowest BCUT2D eigenvalue weighted by atomic mass is 10.1. The van der Waals surface area contributed by atoms with Crippen LogP contribution in [0.5, 0.6) is 0 Å². The molecule has 0 aliphatic carbocycles. The van der Waals surface area contributed by atoms with Gasteiger partial charge in [-0.3, -0.25) is 9.78 Å². The number of hydrogen-bond acceptors (Lipinski definition) is 4. The third-order valence-corrected chi connectivity index (χ3v) is 6.04. The first-order valence-electron chi connectivity index (χ1n) is 10.9. The highest BCUT2D eigenvalue weighted by atomic mass is 19.4. The van der Waals surface area contributed by atoms with Crippen LogP contribution in [0.1, 0.15) is 15.9 Å². The molecule has 1 aliphatic heterocycles. The van der Waals surface area contributed by atoms with Gasteiger partial charge in [0, 0.05) is 55.1 Å². The molecule has 0 saturated carbocycles. The van der Waals surface area contributed by atoms with E-state index in [9.17, 15) is 18.0 Å². The molecule has 1 amide bonds. The van der Waals surface area contributed by atoms with Gasteiger partial charge in [0.1, 0.15) is 5.82 Å². The van der Waals surface area contributed by atoms with Crippen LogP contribution in [0.4, 0.5) is 19.0 Å². The molecule has 2 aromatic heterocycles. The quantitative estimate of drug-likeness (QED) is 0.416. The van der Waals surface area contributed by atoms with Crippen molar-refractivity contribution in [2.45, 2.75) is 6.18 Å². The zero-order valence-electron chi connectivity index (χ0n) is 18.2. The van der Waals surface area contributed by atoms with Crippen molar-refractivity contribution in [3.63, 3.8) is 0 Å². The Morgan fingerprint density at radius 2 is 1.56 bits per heavy atom. The van der Waals surface area contributed by atoms with Crippen molar-refractivity contribution >= 4 is 22.6 Å². The van der Waals surface area contributed by atoms with Gasteiger partial charge in [0.2, 0.25) is 0 Å². The molecule has 1 fully saturated rings. The molecule has 0 atom stereocenters. The van der Waals surface area contributed by atoms with E-state index in [0.29, 0.717) is 37.3 Å². The largest absolute Gasteiger partial charge is 0.416 e. The number of pyridine rings is 2. The number of halogens is 3. The number of carbonyl (C=O) groups is 1. The van der Waals surface area contributed by atoms with Crippen molar-refractivity contribution < 1.29 is 18.0 Å².